The van der Waals surface area contributed by atoms with Gasteiger partial charge in [0, 0.05) is 29.6 Å². The number of methoxy groups -OCH3 is 1. The number of aromatic nitrogens is 1. The molecule has 0 amide bonds. The van der Waals surface area contributed by atoms with E-state index in [1.54, 1.807) is 30.3 Å². The number of hydrogen-bond donors (Lipinski definition) is 1. The second-order valence-corrected chi connectivity index (χ2v) is 6.28. The van der Waals surface area contributed by atoms with Crippen LogP contribution in [-0.2, 0) is 11.8 Å². The lowest BCUT2D eigenvalue weighted by molar-refractivity contribution is 0.0595. The van der Waals surface area contributed by atoms with E-state index in [0.29, 0.717) is 32.4 Å². The van der Waals surface area contributed by atoms with E-state index in [1.807, 2.05) is 0 Å². The molecule has 8 heteroatoms. The van der Waals surface area contributed by atoms with Gasteiger partial charge in [-0.25, -0.2) is 4.79 Å². The standard InChI is InChI=1S/C18H13Cl2NO5/c1-21-13-8-10(26-14-7-9(19)3-6-12(14)20)4-5-11(13)16(22)15(17(21)23)18(24)25-2/h3-8,22H,1-2H3. The predicted octanol–water partition coefficient (Wildman–Crippen LogP) is 4.13. The minimum atomic E-state index is -0.906. The molecule has 0 aliphatic rings. The van der Waals surface area contributed by atoms with Crippen molar-refractivity contribution in [3.8, 4) is 17.2 Å². The summed E-state index contributed by atoms with van der Waals surface area (Å²) in [4.78, 5) is 24.2. The molecule has 0 radical (unpaired) electrons. The van der Waals surface area contributed by atoms with E-state index in [4.69, 9.17) is 27.9 Å². The van der Waals surface area contributed by atoms with Crippen LogP contribution in [0.25, 0.3) is 10.9 Å². The molecule has 0 unspecified atom stereocenters. The van der Waals surface area contributed by atoms with E-state index in [2.05, 4.69) is 4.74 Å². The van der Waals surface area contributed by atoms with Gasteiger partial charge in [-0.3, -0.25) is 4.79 Å². The van der Waals surface area contributed by atoms with Crippen molar-refractivity contribution in [2.75, 3.05) is 7.11 Å². The Hall–Kier alpha value is -2.70. The van der Waals surface area contributed by atoms with E-state index in [0.717, 1.165) is 7.11 Å². The van der Waals surface area contributed by atoms with Crippen molar-refractivity contribution in [1.82, 2.24) is 4.57 Å². The first-order valence-electron chi connectivity index (χ1n) is 7.40. The molecule has 1 aromatic heterocycles. The number of aromatic hydroxyl groups is 1. The summed E-state index contributed by atoms with van der Waals surface area (Å²) in [5.74, 6) is -0.626. The predicted molar refractivity (Wildman–Crippen MR) is 98.7 cm³/mol. The molecule has 0 saturated carbocycles. The number of benzene rings is 2. The maximum atomic E-state index is 12.4. The third kappa shape index (κ3) is 3.09. The molecule has 0 saturated heterocycles. The number of rotatable bonds is 3. The molecule has 0 bridgehead atoms. The fraction of sp³-hybridized carbons (Fsp3) is 0.111. The number of ether oxygens (including phenoxy) is 2. The lowest BCUT2D eigenvalue weighted by Crippen LogP contribution is -2.25. The Balaban J connectivity index is 2.15. The average molecular weight is 394 g/mol. The zero-order chi connectivity index (χ0) is 19.0. The van der Waals surface area contributed by atoms with Gasteiger partial charge < -0.3 is 19.1 Å². The van der Waals surface area contributed by atoms with Crippen molar-refractivity contribution in [3.05, 3.63) is 62.4 Å². The minimum Gasteiger partial charge on any atom is -0.506 e. The second-order valence-electron chi connectivity index (χ2n) is 5.44. The van der Waals surface area contributed by atoms with Crippen LogP contribution < -0.4 is 10.3 Å². The number of fused-ring (bicyclic) bond motifs is 1. The van der Waals surface area contributed by atoms with Gasteiger partial charge in [0.25, 0.3) is 5.56 Å². The van der Waals surface area contributed by atoms with E-state index in [1.165, 1.54) is 17.7 Å². The monoisotopic (exact) mass is 393 g/mol. The van der Waals surface area contributed by atoms with Crippen LogP contribution in [0.1, 0.15) is 10.4 Å². The molecule has 6 nitrogen and oxygen atoms in total. The first-order valence-corrected chi connectivity index (χ1v) is 8.16. The topological polar surface area (TPSA) is 77.8 Å². The first-order chi connectivity index (χ1) is 12.3. The molecular formula is C18H13Cl2NO5. The number of hydrogen-bond acceptors (Lipinski definition) is 5. The van der Waals surface area contributed by atoms with Crippen LogP contribution in [0.3, 0.4) is 0 Å². The molecule has 1 N–H and O–H groups in total. The van der Waals surface area contributed by atoms with Gasteiger partial charge in [0.2, 0.25) is 0 Å². The van der Waals surface area contributed by atoms with Crippen molar-refractivity contribution in [3.63, 3.8) is 0 Å². The number of aryl methyl sites for hydroxylation is 1. The Kier molecular flexibility index (Phi) is 4.80. The van der Waals surface area contributed by atoms with Crippen LogP contribution in [0, 0.1) is 0 Å². The molecule has 0 aliphatic heterocycles. The Morgan fingerprint density at radius 3 is 2.58 bits per heavy atom. The largest absolute Gasteiger partial charge is 0.506 e. The summed E-state index contributed by atoms with van der Waals surface area (Å²) >= 11 is 12.0. The lowest BCUT2D eigenvalue weighted by atomic mass is 10.1. The normalized spacial score (nSPS) is 10.8. The van der Waals surface area contributed by atoms with E-state index < -0.39 is 22.8 Å². The lowest BCUT2D eigenvalue weighted by Gasteiger charge is -2.13. The Morgan fingerprint density at radius 2 is 1.88 bits per heavy atom. The highest BCUT2D eigenvalue weighted by Gasteiger charge is 2.22. The summed E-state index contributed by atoms with van der Waals surface area (Å²) < 4.78 is 11.5. The summed E-state index contributed by atoms with van der Waals surface area (Å²) in [5.41, 5.74) is -0.732. The van der Waals surface area contributed by atoms with Gasteiger partial charge in [-0.15, -0.1) is 0 Å². The number of pyridine rings is 1. The third-order valence-corrected chi connectivity index (χ3v) is 4.40. The Labute approximate surface area is 158 Å². The van der Waals surface area contributed by atoms with Crippen molar-refractivity contribution in [2.45, 2.75) is 0 Å². The molecule has 2 aromatic carbocycles. The molecule has 134 valence electrons. The summed E-state index contributed by atoms with van der Waals surface area (Å²) in [5, 5.41) is 11.5. The number of esters is 1. The number of halogens is 2. The summed E-state index contributed by atoms with van der Waals surface area (Å²) in [6, 6.07) is 9.45. The van der Waals surface area contributed by atoms with E-state index >= 15 is 0 Å². The number of carbonyl (C=O) groups excluding carboxylic acids is 1. The molecule has 0 atom stereocenters. The van der Waals surface area contributed by atoms with Gasteiger partial charge in [0.15, 0.2) is 5.56 Å². The molecule has 0 aliphatic carbocycles. The molecule has 26 heavy (non-hydrogen) atoms. The molecular weight excluding hydrogens is 381 g/mol. The van der Waals surface area contributed by atoms with Crippen molar-refractivity contribution >= 4 is 40.1 Å². The van der Waals surface area contributed by atoms with Gasteiger partial charge in [-0.05, 0) is 24.3 Å². The second kappa shape index (κ2) is 6.90. The van der Waals surface area contributed by atoms with Gasteiger partial charge in [-0.2, -0.15) is 0 Å². The summed E-state index contributed by atoms with van der Waals surface area (Å²) in [7, 11) is 2.61. The van der Waals surface area contributed by atoms with Gasteiger partial charge in [0.1, 0.15) is 17.2 Å². The molecule has 3 aromatic rings. The zero-order valence-electron chi connectivity index (χ0n) is 13.7. The van der Waals surface area contributed by atoms with Crippen molar-refractivity contribution in [1.29, 1.82) is 0 Å². The van der Waals surface area contributed by atoms with Gasteiger partial charge in [0.05, 0.1) is 17.6 Å². The van der Waals surface area contributed by atoms with E-state index in [-0.39, 0.29) is 0 Å². The highest BCUT2D eigenvalue weighted by molar-refractivity contribution is 6.34. The zero-order valence-corrected chi connectivity index (χ0v) is 15.3. The Morgan fingerprint density at radius 1 is 1.15 bits per heavy atom. The van der Waals surface area contributed by atoms with Crippen molar-refractivity contribution in [2.24, 2.45) is 7.05 Å². The molecule has 1 heterocycles. The quantitative estimate of drug-likeness (QED) is 0.676. The fourth-order valence-corrected chi connectivity index (χ4v) is 2.85. The van der Waals surface area contributed by atoms with Gasteiger partial charge >= 0.3 is 5.97 Å². The van der Waals surface area contributed by atoms with Crippen LogP contribution in [0.4, 0.5) is 0 Å². The number of nitrogens with zero attached hydrogens (tertiary/aromatic N) is 1. The van der Waals surface area contributed by atoms with Gasteiger partial charge in [-0.1, -0.05) is 23.2 Å². The smallest absolute Gasteiger partial charge is 0.347 e. The first kappa shape index (κ1) is 18.1. The SMILES string of the molecule is COC(=O)c1c(O)c2ccc(Oc3cc(Cl)ccc3Cl)cc2n(C)c1=O. The summed E-state index contributed by atoms with van der Waals surface area (Å²) in [6.07, 6.45) is 0. The third-order valence-electron chi connectivity index (χ3n) is 3.85. The number of carbonyl (C=O) groups is 1. The van der Waals surface area contributed by atoms with Crippen molar-refractivity contribution < 1.29 is 19.4 Å². The minimum absolute atomic E-state index is 0.303. The molecule has 0 fully saturated rings. The van der Waals surface area contributed by atoms with Crippen LogP contribution in [0.15, 0.2) is 41.2 Å². The highest BCUT2D eigenvalue weighted by atomic mass is 35.5. The van der Waals surface area contributed by atoms with Crippen LogP contribution in [0.2, 0.25) is 10.0 Å². The average Bonchev–Trinajstić information content (AvgIpc) is 2.62. The fourth-order valence-electron chi connectivity index (χ4n) is 2.53. The molecule has 0 spiro atoms. The summed E-state index contributed by atoms with van der Waals surface area (Å²) in [6.45, 7) is 0. The van der Waals surface area contributed by atoms with Crippen LogP contribution in [0.5, 0.6) is 17.2 Å². The molecule has 3 rings (SSSR count). The highest BCUT2D eigenvalue weighted by Crippen LogP contribution is 2.34. The van der Waals surface area contributed by atoms with E-state index in [9.17, 15) is 14.7 Å². The maximum Gasteiger partial charge on any atom is 0.347 e. The van der Waals surface area contributed by atoms with Crippen LogP contribution in [-0.4, -0.2) is 22.8 Å². The Bertz CT molecular complexity index is 1090. The van der Waals surface area contributed by atoms with Crippen LogP contribution >= 0.6 is 23.2 Å². The maximum absolute atomic E-state index is 12.4.